The van der Waals surface area contributed by atoms with Gasteiger partial charge in [0.05, 0.1) is 21.4 Å². The fourth-order valence-corrected chi connectivity index (χ4v) is 3.52. The predicted molar refractivity (Wildman–Crippen MR) is 97.1 cm³/mol. The number of aromatic nitrogens is 2. The maximum Gasteiger partial charge on any atom is 0.435 e. The van der Waals surface area contributed by atoms with Crippen LogP contribution in [-0.4, -0.2) is 24.5 Å². The maximum atomic E-state index is 14.3. The van der Waals surface area contributed by atoms with Crippen LogP contribution in [-0.2, 0) is 16.0 Å². The Morgan fingerprint density at radius 3 is 2.21 bits per heavy atom. The highest BCUT2D eigenvalue weighted by molar-refractivity contribution is 7.90. The van der Waals surface area contributed by atoms with E-state index in [9.17, 15) is 26.0 Å². The Labute approximate surface area is 167 Å². The molecule has 0 atom stereocenters. The van der Waals surface area contributed by atoms with Crippen LogP contribution < -0.4 is 0 Å². The number of sulfone groups is 1. The predicted octanol–water partition coefficient (Wildman–Crippen LogP) is 5.41. The van der Waals surface area contributed by atoms with Crippen LogP contribution >= 0.6 is 23.2 Å². The highest BCUT2D eigenvalue weighted by Gasteiger charge is 2.35. The summed E-state index contributed by atoms with van der Waals surface area (Å²) in [5, 5.41) is 3.83. The van der Waals surface area contributed by atoms with Crippen molar-refractivity contribution in [3.05, 3.63) is 64.0 Å². The van der Waals surface area contributed by atoms with Gasteiger partial charge in [0.2, 0.25) is 0 Å². The number of nitrogens with zero attached hydrogens (tertiary/aromatic N) is 2. The van der Waals surface area contributed by atoms with Crippen molar-refractivity contribution < 1.29 is 26.0 Å². The second-order valence-corrected chi connectivity index (χ2v) is 8.64. The third-order valence-corrected chi connectivity index (χ3v) is 5.64. The van der Waals surface area contributed by atoms with Crippen LogP contribution in [0.2, 0.25) is 10.0 Å². The van der Waals surface area contributed by atoms with Gasteiger partial charge in [0, 0.05) is 11.8 Å². The third-order valence-electron chi connectivity index (χ3n) is 3.77. The van der Waals surface area contributed by atoms with Crippen molar-refractivity contribution in [3.8, 4) is 16.9 Å². The van der Waals surface area contributed by atoms with E-state index in [0.29, 0.717) is 0 Å². The quantitative estimate of drug-likeness (QED) is 0.499. The minimum absolute atomic E-state index is 0.000951. The molecule has 148 valence electrons. The maximum absolute atomic E-state index is 14.3. The van der Waals surface area contributed by atoms with E-state index in [4.69, 9.17) is 23.2 Å². The zero-order chi connectivity index (χ0) is 20.9. The molecule has 1 heterocycles. The highest BCUT2D eigenvalue weighted by Crippen LogP contribution is 2.35. The second kappa shape index (κ2) is 7.06. The molecule has 2 aromatic carbocycles. The molecule has 28 heavy (non-hydrogen) atoms. The summed E-state index contributed by atoms with van der Waals surface area (Å²) in [6.45, 7) is 0. The Hall–Kier alpha value is -2.10. The van der Waals surface area contributed by atoms with Gasteiger partial charge in [-0.15, -0.1) is 0 Å². The van der Waals surface area contributed by atoms with Crippen LogP contribution in [0, 0.1) is 5.82 Å². The normalized spacial score (nSPS) is 12.4. The molecule has 0 amide bonds. The second-order valence-electron chi connectivity index (χ2n) is 5.84. The Balaban J connectivity index is 2.24. The SMILES string of the molecule is CS(=O)(=O)c1ccc(-c2cc(C(F)(F)F)nn2-c2ccc(Cl)c(Cl)c2)cc1F. The number of alkyl halides is 3. The molecule has 0 fully saturated rings. The molecule has 4 nitrogen and oxygen atoms in total. The van der Waals surface area contributed by atoms with E-state index in [1.807, 2.05) is 0 Å². The van der Waals surface area contributed by atoms with Crippen LogP contribution in [0.25, 0.3) is 16.9 Å². The Morgan fingerprint density at radius 2 is 1.68 bits per heavy atom. The van der Waals surface area contributed by atoms with Gasteiger partial charge in [0.15, 0.2) is 15.5 Å². The molecule has 0 aliphatic heterocycles. The highest BCUT2D eigenvalue weighted by atomic mass is 35.5. The van der Waals surface area contributed by atoms with E-state index in [1.165, 1.54) is 24.3 Å². The molecule has 0 saturated carbocycles. The van der Waals surface area contributed by atoms with E-state index >= 15 is 0 Å². The standard InChI is InChI=1S/C17H10Cl2F4N2O2S/c1-28(26,27)15-5-2-9(6-13(15)20)14-8-16(17(21,22)23)24-25(14)10-3-4-11(18)12(19)7-10/h2-8H,1H3. The zero-order valence-electron chi connectivity index (χ0n) is 13.9. The molecular formula is C17H10Cl2F4N2O2S. The lowest BCUT2D eigenvalue weighted by Gasteiger charge is -2.10. The van der Waals surface area contributed by atoms with Crippen molar-refractivity contribution in [1.29, 1.82) is 0 Å². The van der Waals surface area contributed by atoms with Crippen molar-refractivity contribution in [2.75, 3.05) is 6.26 Å². The first-order valence-electron chi connectivity index (χ1n) is 7.50. The average Bonchev–Trinajstić information content (AvgIpc) is 3.01. The van der Waals surface area contributed by atoms with Gasteiger partial charge in [-0.3, -0.25) is 0 Å². The molecule has 11 heteroatoms. The van der Waals surface area contributed by atoms with E-state index < -0.39 is 32.4 Å². The average molecular weight is 453 g/mol. The van der Waals surface area contributed by atoms with Gasteiger partial charge in [-0.05, 0) is 36.4 Å². The van der Waals surface area contributed by atoms with Crippen LogP contribution in [0.5, 0.6) is 0 Å². The summed E-state index contributed by atoms with van der Waals surface area (Å²) in [5.74, 6) is -1.09. The monoisotopic (exact) mass is 452 g/mol. The lowest BCUT2D eigenvalue weighted by Crippen LogP contribution is -2.07. The first-order valence-corrected chi connectivity index (χ1v) is 10.2. The van der Waals surface area contributed by atoms with Crippen LogP contribution in [0.4, 0.5) is 17.6 Å². The summed E-state index contributed by atoms with van der Waals surface area (Å²) in [7, 11) is -3.83. The fraction of sp³-hybridized carbons (Fsp3) is 0.118. The van der Waals surface area contributed by atoms with E-state index in [2.05, 4.69) is 5.10 Å². The number of benzene rings is 2. The van der Waals surface area contributed by atoms with Gasteiger partial charge in [-0.1, -0.05) is 29.3 Å². The first-order chi connectivity index (χ1) is 12.9. The first kappa shape index (κ1) is 20.6. The molecule has 0 saturated heterocycles. The molecule has 3 aromatic rings. The van der Waals surface area contributed by atoms with Crippen molar-refractivity contribution in [3.63, 3.8) is 0 Å². The van der Waals surface area contributed by atoms with Crippen molar-refractivity contribution in [2.24, 2.45) is 0 Å². The number of hydrogen-bond donors (Lipinski definition) is 0. The Bertz CT molecular complexity index is 1170. The molecule has 3 rings (SSSR count). The number of halogens is 6. The molecule has 0 spiro atoms. The summed E-state index contributed by atoms with van der Waals surface area (Å²) >= 11 is 11.8. The summed E-state index contributed by atoms with van der Waals surface area (Å²) in [5.41, 5.74) is -1.16. The van der Waals surface area contributed by atoms with Crippen molar-refractivity contribution >= 4 is 33.0 Å². The summed E-state index contributed by atoms with van der Waals surface area (Å²) in [6, 6.07) is 7.84. The Kier molecular flexibility index (Phi) is 5.20. The van der Waals surface area contributed by atoms with Gasteiger partial charge in [-0.25, -0.2) is 17.5 Å². The summed E-state index contributed by atoms with van der Waals surface area (Å²) in [6.07, 6.45) is -3.92. The third kappa shape index (κ3) is 4.01. The van der Waals surface area contributed by atoms with E-state index in [0.717, 1.165) is 29.1 Å². The fourth-order valence-electron chi connectivity index (χ4n) is 2.50. The number of rotatable bonds is 3. The van der Waals surface area contributed by atoms with Gasteiger partial charge >= 0.3 is 6.18 Å². The smallest absolute Gasteiger partial charge is 0.232 e. The van der Waals surface area contributed by atoms with Gasteiger partial charge in [-0.2, -0.15) is 18.3 Å². The molecule has 0 radical (unpaired) electrons. The van der Waals surface area contributed by atoms with Crippen molar-refractivity contribution in [2.45, 2.75) is 11.1 Å². The lowest BCUT2D eigenvalue weighted by molar-refractivity contribution is -0.141. The zero-order valence-corrected chi connectivity index (χ0v) is 16.3. The minimum Gasteiger partial charge on any atom is -0.232 e. The Morgan fingerprint density at radius 1 is 1.00 bits per heavy atom. The van der Waals surface area contributed by atoms with Crippen LogP contribution in [0.3, 0.4) is 0 Å². The van der Waals surface area contributed by atoms with Crippen LogP contribution in [0.1, 0.15) is 5.69 Å². The van der Waals surface area contributed by atoms with Gasteiger partial charge < -0.3 is 0 Å². The molecule has 0 aliphatic carbocycles. The van der Waals surface area contributed by atoms with E-state index in [1.54, 1.807) is 0 Å². The minimum atomic E-state index is -4.75. The number of hydrogen-bond acceptors (Lipinski definition) is 3. The summed E-state index contributed by atoms with van der Waals surface area (Å²) in [4.78, 5) is -0.562. The lowest BCUT2D eigenvalue weighted by atomic mass is 10.1. The molecular weight excluding hydrogens is 443 g/mol. The summed E-state index contributed by atoms with van der Waals surface area (Å²) < 4.78 is 77.8. The van der Waals surface area contributed by atoms with E-state index in [-0.39, 0.29) is 27.0 Å². The molecule has 0 unspecified atom stereocenters. The molecule has 0 bridgehead atoms. The molecule has 0 N–H and O–H groups in total. The van der Waals surface area contributed by atoms with Gasteiger partial charge in [0.1, 0.15) is 10.7 Å². The van der Waals surface area contributed by atoms with Crippen molar-refractivity contribution in [1.82, 2.24) is 9.78 Å². The van der Waals surface area contributed by atoms with Gasteiger partial charge in [0.25, 0.3) is 0 Å². The molecule has 0 aliphatic rings. The largest absolute Gasteiger partial charge is 0.435 e. The topological polar surface area (TPSA) is 52.0 Å². The van der Waals surface area contributed by atoms with Crippen LogP contribution in [0.15, 0.2) is 47.4 Å². The molecule has 1 aromatic heterocycles.